The molecule has 3 aromatic rings. The summed E-state index contributed by atoms with van der Waals surface area (Å²) in [4.78, 5) is 8.45. The molecule has 0 unspecified atom stereocenters. The Morgan fingerprint density at radius 3 is 2.30 bits per heavy atom. The molecule has 0 fully saturated rings. The Balaban J connectivity index is 1.77. The molecular formula is C18H15N5. The standard InChI is InChI=1S/C18H15N5/c1-13-4-2-3-5-16(13)23-18-10-17(20-12-21-18)22-15-8-6-14(11-19)7-9-15/h2-10,12H,1H3,(H2,20,21,22,23). The highest BCUT2D eigenvalue weighted by molar-refractivity contribution is 5.64. The lowest BCUT2D eigenvalue weighted by Gasteiger charge is -2.10. The number of nitrogens with zero attached hydrogens (tertiary/aromatic N) is 3. The van der Waals surface area contributed by atoms with Crippen LogP contribution in [-0.4, -0.2) is 9.97 Å². The number of hydrogen-bond donors (Lipinski definition) is 2. The third-order valence-corrected chi connectivity index (χ3v) is 3.36. The zero-order chi connectivity index (χ0) is 16.1. The van der Waals surface area contributed by atoms with Gasteiger partial charge in [-0.15, -0.1) is 0 Å². The Labute approximate surface area is 134 Å². The number of aryl methyl sites for hydroxylation is 1. The fourth-order valence-corrected chi connectivity index (χ4v) is 2.12. The van der Waals surface area contributed by atoms with Crippen LogP contribution in [0.15, 0.2) is 60.9 Å². The summed E-state index contributed by atoms with van der Waals surface area (Å²) < 4.78 is 0. The summed E-state index contributed by atoms with van der Waals surface area (Å²) in [6, 6.07) is 19.2. The zero-order valence-corrected chi connectivity index (χ0v) is 12.6. The summed E-state index contributed by atoms with van der Waals surface area (Å²) in [7, 11) is 0. The molecule has 0 saturated heterocycles. The Morgan fingerprint density at radius 2 is 1.61 bits per heavy atom. The van der Waals surface area contributed by atoms with Gasteiger partial charge >= 0.3 is 0 Å². The molecule has 0 atom stereocenters. The van der Waals surface area contributed by atoms with Crippen molar-refractivity contribution < 1.29 is 0 Å². The molecule has 0 radical (unpaired) electrons. The number of nitriles is 1. The number of rotatable bonds is 4. The SMILES string of the molecule is Cc1ccccc1Nc1cc(Nc2ccc(C#N)cc2)ncn1. The summed E-state index contributed by atoms with van der Waals surface area (Å²) in [5.41, 5.74) is 3.65. The van der Waals surface area contributed by atoms with Gasteiger partial charge in [-0.1, -0.05) is 18.2 Å². The van der Waals surface area contributed by atoms with Crippen molar-refractivity contribution in [2.24, 2.45) is 0 Å². The molecule has 1 heterocycles. The number of nitrogens with one attached hydrogen (secondary N) is 2. The highest BCUT2D eigenvalue weighted by atomic mass is 15.1. The Hall–Kier alpha value is -3.39. The number of aromatic nitrogens is 2. The summed E-state index contributed by atoms with van der Waals surface area (Å²) in [5.74, 6) is 1.39. The number of hydrogen-bond acceptors (Lipinski definition) is 5. The third kappa shape index (κ3) is 3.63. The van der Waals surface area contributed by atoms with Crippen LogP contribution < -0.4 is 10.6 Å². The number of para-hydroxylation sites is 1. The molecule has 0 aliphatic carbocycles. The van der Waals surface area contributed by atoms with E-state index < -0.39 is 0 Å². The van der Waals surface area contributed by atoms with Gasteiger partial charge in [0.25, 0.3) is 0 Å². The van der Waals surface area contributed by atoms with E-state index in [4.69, 9.17) is 5.26 Å². The number of anilines is 4. The van der Waals surface area contributed by atoms with Crippen LogP contribution in [0.25, 0.3) is 0 Å². The number of benzene rings is 2. The van der Waals surface area contributed by atoms with E-state index >= 15 is 0 Å². The maximum absolute atomic E-state index is 8.82. The van der Waals surface area contributed by atoms with Crippen molar-refractivity contribution in [2.45, 2.75) is 6.92 Å². The van der Waals surface area contributed by atoms with Crippen LogP contribution in [0.5, 0.6) is 0 Å². The zero-order valence-electron chi connectivity index (χ0n) is 12.6. The van der Waals surface area contributed by atoms with Crippen LogP contribution >= 0.6 is 0 Å². The van der Waals surface area contributed by atoms with E-state index in [0.29, 0.717) is 17.2 Å². The fraction of sp³-hybridized carbons (Fsp3) is 0.0556. The molecule has 3 rings (SSSR count). The minimum absolute atomic E-state index is 0.625. The van der Waals surface area contributed by atoms with Crippen LogP contribution in [0.4, 0.5) is 23.0 Å². The third-order valence-electron chi connectivity index (χ3n) is 3.36. The van der Waals surface area contributed by atoms with Crippen molar-refractivity contribution in [1.29, 1.82) is 5.26 Å². The van der Waals surface area contributed by atoms with E-state index in [-0.39, 0.29) is 0 Å². The maximum Gasteiger partial charge on any atom is 0.135 e. The van der Waals surface area contributed by atoms with Crippen molar-refractivity contribution in [3.63, 3.8) is 0 Å². The van der Waals surface area contributed by atoms with E-state index in [9.17, 15) is 0 Å². The van der Waals surface area contributed by atoms with Crippen LogP contribution in [0.2, 0.25) is 0 Å². The van der Waals surface area contributed by atoms with Gasteiger partial charge in [-0.2, -0.15) is 5.26 Å². The average Bonchev–Trinajstić information content (AvgIpc) is 2.58. The maximum atomic E-state index is 8.82. The normalized spacial score (nSPS) is 9.91. The van der Waals surface area contributed by atoms with Gasteiger partial charge in [0.15, 0.2) is 0 Å². The molecule has 2 N–H and O–H groups in total. The highest BCUT2D eigenvalue weighted by Crippen LogP contribution is 2.21. The van der Waals surface area contributed by atoms with Crippen molar-refractivity contribution in [3.8, 4) is 6.07 Å². The Bertz CT molecular complexity index is 850. The van der Waals surface area contributed by atoms with Crippen molar-refractivity contribution in [3.05, 3.63) is 72.1 Å². The summed E-state index contributed by atoms with van der Waals surface area (Å²) in [6.07, 6.45) is 1.51. The summed E-state index contributed by atoms with van der Waals surface area (Å²) >= 11 is 0. The van der Waals surface area contributed by atoms with Crippen molar-refractivity contribution in [1.82, 2.24) is 9.97 Å². The first-order valence-electron chi connectivity index (χ1n) is 7.16. The van der Waals surface area contributed by atoms with Gasteiger partial charge in [0.2, 0.25) is 0 Å². The summed E-state index contributed by atoms with van der Waals surface area (Å²) in [6.45, 7) is 2.04. The molecule has 0 bridgehead atoms. The molecular weight excluding hydrogens is 286 g/mol. The first-order chi connectivity index (χ1) is 11.2. The topological polar surface area (TPSA) is 73.6 Å². The quantitative estimate of drug-likeness (QED) is 0.757. The van der Waals surface area contributed by atoms with Crippen LogP contribution in [0.3, 0.4) is 0 Å². The van der Waals surface area contributed by atoms with E-state index in [1.807, 2.05) is 49.4 Å². The smallest absolute Gasteiger partial charge is 0.135 e. The molecule has 0 amide bonds. The monoisotopic (exact) mass is 301 g/mol. The Morgan fingerprint density at radius 1 is 0.913 bits per heavy atom. The predicted octanol–water partition coefficient (Wildman–Crippen LogP) is 4.14. The molecule has 0 saturated carbocycles. The van der Waals surface area contributed by atoms with Crippen LogP contribution in [0, 0.1) is 18.3 Å². The average molecular weight is 301 g/mol. The van der Waals surface area contributed by atoms with E-state index in [1.54, 1.807) is 12.1 Å². The van der Waals surface area contributed by atoms with Gasteiger partial charge in [-0.05, 0) is 42.8 Å². The first-order valence-corrected chi connectivity index (χ1v) is 7.16. The van der Waals surface area contributed by atoms with Crippen molar-refractivity contribution >= 4 is 23.0 Å². The van der Waals surface area contributed by atoms with Gasteiger partial charge in [0.05, 0.1) is 11.6 Å². The minimum Gasteiger partial charge on any atom is -0.340 e. The first kappa shape index (κ1) is 14.5. The second-order valence-electron chi connectivity index (χ2n) is 5.04. The van der Waals surface area contributed by atoms with Gasteiger partial charge in [0.1, 0.15) is 18.0 Å². The van der Waals surface area contributed by atoms with Gasteiger partial charge in [-0.3, -0.25) is 0 Å². The molecule has 112 valence electrons. The largest absolute Gasteiger partial charge is 0.340 e. The predicted molar refractivity (Wildman–Crippen MR) is 90.9 cm³/mol. The second kappa shape index (κ2) is 6.58. The lowest BCUT2D eigenvalue weighted by molar-refractivity contribution is 1.16. The van der Waals surface area contributed by atoms with E-state index in [0.717, 1.165) is 16.9 Å². The lowest BCUT2D eigenvalue weighted by Crippen LogP contribution is -1.99. The van der Waals surface area contributed by atoms with Crippen LogP contribution in [0.1, 0.15) is 11.1 Å². The highest BCUT2D eigenvalue weighted by Gasteiger charge is 2.02. The molecule has 5 heteroatoms. The minimum atomic E-state index is 0.625. The molecule has 0 aliphatic rings. The van der Waals surface area contributed by atoms with Crippen LogP contribution in [-0.2, 0) is 0 Å². The Kier molecular flexibility index (Phi) is 4.16. The fourth-order valence-electron chi connectivity index (χ4n) is 2.12. The van der Waals surface area contributed by atoms with Crippen molar-refractivity contribution in [2.75, 3.05) is 10.6 Å². The lowest BCUT2D eigenvalue weighted by atomic mass is 10.2. The van der Waals surface area contributed by atoms with Gasteiger partial charge in [0, 0.05) is 17.4 Å². The van der Waals surface area contributed by atoms with E-state index in [1.165, 1.54) is 6.33 Å². The summed E-state index contributed by atoms with van der Waals surface area (Å²) in [5, 5.41) is 15.3. The van der Waals surface area contributed by atoms with Gasteiger partial charge < -0.3 is 10.6 Å². The molecule has 5 nitrogen and oxygen atoms in total. The second-order valence-corrected chi connectivity index (χ2v) is 5.04. The molecule has 0 aliphatic heterocycles. The molecule has 2 aromatic carbocycles. The molecule has 23 heavy (non-hydrogen) atoms. The van der Waals surface area contributed by atoms with E-state index in [2.05, 4.69) is 26.7 Å². The molecule has 0 spiro atoms. The van der Waals surface area contributed by atoms with Gasteiger partial charge in [-0.25, -0.2) is 9.97 Å². The molecule has 1 aromatic heterocycles.